The fraction of sp³-hybridized carbons (Fsp3) is 0.267. The van der Waals surface area contributed by atoms with Crippen LogP contribution < -0.4 is 15.4 Å². The number of ether oxygens (including phenoxy) is 3. The first-order valence-electron chi connectivity index (χ1n) is 12.8. The van der Waals surface area contributed by atoms with E-state index >= 15 is 0 Å². The number of ketones is 1. The summed E-state index contributed by atoms with van der Waals surface area (Å²) in [4.78, 5) is 50.3. The van der Waals surface area contributed by atoms with E-state index in [9.17, 15) is 36.7 Å². The van der Waals surface area contributed by atoms with E-state index in [1.54, 1.807) is 45.0 Å². The summed E-state index contributed by atoms with van der Waals surface area (Å²) >= 11 is 0. The molecule has 228 valence electrons. The van der Waals surface area contributed by atoms with E-state index in [-0.39, 0.29) is 23.9 Å². The zero-order valence-corrected chi connectivity index (χ0v) is 23.3. The Morgan fingerprint density at radius 3 is 2.05 bits per heavy atom. The molecule has 0 saturated carbocycles. The van der Waals surface area contributed by atoms with Crippen molar-refractivity contribution in [1.82, 2.24) is 5.32 Å². The third-order valence-electron chi connectivity index (χ3n) is 5.52. The summed E-state index contributed by atoms with van der Waals surface area (Å²) < 4.78 is 69.9. The Balaban J connectivity index is 1.67. The predicted octanol–water partition coefficient (Wildman–Crippen LogP) is 5.47. The lowest BCUT2D eigenvalue weighted by atomic mass is 10.1. The summed E-state index contributed by atoms with van der Waals surface area (Å²) in [6.45, 7) is 3.59. The number of hydrogen-bond donors (Lipinski definition) is 2. The minimum absolute atomic E-state index is 0.00963. The van der Waals surface area contributed by atoms with Crippen molar-refractivity contribution in [3.63, 3.8) is 0 Å². The second-order valence-electron chi connectivity index (χ2n) is 10.1. The Hall–Kier alpha value is -4.94. The maximum atomic E-state index is 14.0. The molecule has 2 N–H and O–H groups in total. The van der Waals surface area contributed by atoms with Gasteiger partial charge in [-0.2, -0.15) is 8.78 Å². The maximum absolute atomic E-state index is 14.0. The molecule has 0 saturated heterocycles. The van der Waals surface area contributed by atoms with E-state index in [4.69, 9.17) is 14.2 Å². The molecule has 1 atom stereocenters. The zero-order valence-electron chi connectivity index (χ0n) is 23.3. The van der Waals surface area contributed by atoms with Gasteiger partial charge in [0.1, 0.15) is 24.9 Å². The molecule has 0 unspecified atom stereocenters. The molecular formula is C30H28F4N2O7. The van der Waals surface area contributed by atoms with Crippen molar-refractivity contribution < 1.29 is 51.0 Å². The highest BCUT2D eigenvalue weighted by atomic mass is 19.2. The second-order valence-corrected chi connectivity index (χ2v) is 10.1. The maximum Gasteiger partial charge on any atom is 0.411 e. The Kier molecular flexibility index (Phi) is 10.8. The van der Waals surface area contributed by atoms with Crippen LogP contribution in [0.15, 0.2) is 60.7 Å². The van der Waals surface area contributed by atoms with Crippen molar-refractivity contribution in [1.29, 1.82) is 0 Å². The van der Waals surface area contributed by atoms with E-state index in [1.807, 2.05) is 6.07 Å². The van der Waals surface area contributed by atoms with Gasteiger partial charge in [-0.15, -0.1) is 0 Å². The highest BCUT2D eigenvalue weighted by Crippen LogP contribution is 2.26. The van der Waals surface area contributed by atoms with Gasteiger partial charge >= 0.3 is 12.1 Å². The van der Waals surface area contributed by atoms with Crippen molar-refractivity contribution in [3.8, 4) is 5.75 Å². The van der Waals surface area contributed by atoms with Gasteiger partial charge < -0.3 is 19.5 Å². The van der Waals surface area contributed by atoms with Gasteiger partial charge in [0, 0.05) is 17.3 Å². The first-order valence-corrected chi connectivity index (χ1v) is 12.8. The van der Waals surface area contributed by atoms with Crippen molar-refractivity contribution in [2.75, 3.05) is 11.9 Å². The molecule has 0 bridgehead atoms. The highest BCUT2D eigenvalue weighted by Gasteiger charge is 2.29. The second kappa shape index (κ2) is 14.3. The van der Waals surface area contributed by atoms with Crippen molar-refractivity contribution in [3.05, 3.63) is 95.1 Å². The lowest BCUT2D eigenvalue weighted by molar-refractivity contribution is -0.156. The van der Waals surface area contributed by atoms with Gasteiger partial charge in [-0.1, -0.05) is 30.3 Å². The third kappa shape index (κ3) is 9.83. The number of amides is 2. The van der Waals surface area contributed by atoms with Crippen molar-refractivity contribution >= 4 is 29.4 Å². The molecule has 3 aromatic carbocycles. The van der Waals surface area contributed by atoms with E-state index < -0.39 is 77.4 Å². The van der Waals surface area contributed by atoms with Crippen LogP contribution in [-0.4, -0.2) is 42.0 Å². The Morgan fingerprint density at radius 1 is 0.860 bits per heavy atom. The SMILES string of the molecule is CC(C)(C)OC(=O)C[C@H](NC(=O)c1ccc(NC(=O)OCc2ccccc2)cc1)C(=O)COc1c(F)c(F)cc(F)c1F. The number of carbonyl (C=O) groups excluding carboxylic acids is 4. The largest absolute Gasteiger partial charge is 0.479 e. The van der Waals surface area contributed by atoms with E-state index in [2.05, 4.69) is 10.6 Å². The van der Waals surface area contributed by atoms with Gasteiger partial charge in [-0.05, 0) is 50.6 Å². The molecular weight excluding hydrogens is 576 g/mol. The number of nitrogens with one attached hydrogen (secondary N) is 2. The fourth-order valence-electron chi connectivity index (χ4n) is 3.54. The quantitative estimate of drug-likeness (QED) is 0.169. The molecule has 0 radical (unpaired) electrons. The van der Waals surface area contributed by atoms with Gasteiger partial charge in [0.05, 0.1) is 6.42 Å². The number of esters is 1. The molecule has 43 heavy (non-hydrogen) atoms. The minimum Gasteiger partial charge on any atom is -0.479 e. The summed E-state index contributed by atoms with van der Waals surface area (Å²) in [6.07, 6.45) is -1.43. The summed E-state index contributed by atoms with van der Waals surface area (Å²) in [6, 6.07) is 12.7. The molecule has 0 fully saturated rings. The summed E-state index contributed by atoms with van der Waals surface area (Å²) in [5.74, 6) is -11.5. The van der Waals surface area contributed by atoms with Gasteiger partial charge in [0.2, 0.25) is 11.6 Å². The van der Waals surface area contributed by atoms with Crippen LogP contribution in [0.5, 0.6) is 5.75 Å². The molecule has 0 heterocycles. The summed E-state index contributed by atoms with van der Waals surface area (Å²) in [5, 5.41) is 4.81. The number of hydrogen-bond acceptors (Lipinski definition) is 7. The van der Waals surface area contributed by atoms with Crippen molar-refractivity contribution in [2.24, 2.45) is 0 Å². The van der Waals surface area contributed by atoms with Crippen LogP contribution in [0.25, 0.3) is 0 Å². The van der Waals surface area contributed by atoms with Crippen LogP contribution in [-0.2, 0) is 25.7 Å². The molecule has 0 spiro atoms. The molecule has 9 nitrogen and oxygen atoms in total. The molecule has 3 rings (SSSR count). The third-order valence-corrected chi connectivity index (χ3v) is 5.52. The van der Waals surface area contributed by atoms with E-state index in [0.29, 0.717) is 0 Å². The van der Waals surface area contributed by atoms with Crippen LogP contribution in [0.3, 0.4) is 0 Å². The Morgan fingerprint density at radius 2 is 1.47 bits per heavy atom. The number of rotatable bonds is 11. The topological polar surface area (TPSA) is 120 Å². The molecule has 0 aliphatic rings. The molecule has 0 aliphatic carbocycles. The van der Waals surface area contributed by atoms with Gasteiger partial charge in [0.25, 0.3) is 5.91 Å². The monoisotopic (exact) mass is 604 g/mol. The standard InChI is InChI=1S/C30H28F4N2O7/c1-30(2,3)43-24(38)14-22(23(37)16-41-27-25(33)20(31)13-21(32)26(27)34)36-28(39)18-9-11-19(12-10-18)35-29(40)42-15-17-7-5-4-6-8-17/h4-13,22H,14-16H2,1-3H3,(H,35,40)(H,36,39)/t22-/m0/s1. The number of anilines is 1. The molecule has 0 aliphatic heterocycles. The molecule has 3 aromatic rings. The zero-order chi connectivity index (χ0) is 31.7. The molecule has 2 amide bonds. The van der Waals surface area contributed by atoms with Crippen molar-refractivity contribution in [2.45, 2.75) is 45.4 Å². The van der Waals surface area contributed by atoms with E-state index in [1.165, 1.54) is 24.3 Å². The average Bonchev–Trinajstić information content (AvgIpc) is 2.94. The first kappa shape index (κ1) is 32.6. The fourth-order valence-corrected chi connectivity index (χ4v) is 3.54. The highest BCUT2D eigenvalue weighted by molar-refractivity contribution is 6.00. The number of carbonyl (C=O) groups is 4. The lowest BCUT2D eigenvalue weighted by Gasteiger charge is -2.22. The predicted molar refractivity (Wildman–Crippen MR) is 145 cm³/mol. The Bertz CT molecular complexity index is 1450. The lowest BCUT2D eigenvalue weighted by Crippen LogP contribution is -2.45. The molecule has 0 aromatic heterocycles. The molecule has 13 heteroatoms. The number of Topliss-reactive ketones (excluding diaryl/α,β-unsaturated/α-hetero) is 1. The number of benzene rings is 3. The van der Waals surface area contributed by atoms with Crippen LogP contribution >= 0.6 is 0 Å². The summed E-state index contributed by atoms with van der Waals surface area (Å²) in [5.41, 5.74) is 0.136. The average molecular weight is 605 g/mol. The van der Waals surface area contributed by atoms with Crippen LogP contribution in [0.2, 0.25) is 0 Å². The number of halogens is 4. The Labute approximate surface area is 244 Å². The first-order chi connectivity index (χ1) is 20.2. The summed E-state index contributed by atoms with van der Waals surface area (Å²) in [7, 11) is 0. The van der Waals surface area contributed by atoms with Crippen LogP contribution in [0.4, 0.5) is 28.0 Å². The van der Waals surface area contributed by atoms with Gasteiger partial charge in [-0.25, -0.2) is 13.6 Å². The smallest absolute Gasteiger partial charge is 0.411 e. The van der Waals surface area contributed by atoms with Gasteiger partial charge in [-0.3, -0.25) is 19.7 Å². The van der Waals surface area contributed by atoms with Crippen LogP contribution in [0.1, 0.15) is 43.1 Å². The normalized spacial score (nSPS) is 11.7. The van der Waals surface area contributed by atoms with Crippen LogP contribution in [0, 0.1) is 23.3 Å². The van der Waals surface area contributed by atoms with Gasteiger partial charge in [0.15, 0.2) is 23.2 Å². The van der Waals surface area contributed by atoms with E-state index in [0.717, 1.165) is 5.56 Å². The minimum atomic E-state index is -1.86.